The van der Waals surface area contributed by atoms with Crippen molar-refractivity contribution in [3.05, 3.63) is 17.7 Å². The molecule has 0 fully saturated rings. The summed E-state index contributed by atoms with van der Waals surface area (Å²) in [5.74, 6) is 1.00. The number of hydrogen-bond donors (Lipinski definition) is 0. The van der Waals surface area contributed by atoms with Crippen molar-refractivity contribution in [3.8, 4) is 17.5 Å². The first kappa shape index (κ1) is 12.4. The Balaban J connectivity index is 2.23. The fourth-order valence-corrected chi connectivity index (χ4v) is 1.41. The number of hydrogen-bond acceptors (Lipinski definition) is 7. The molecule has 0 aliphatic heterocycles. The summed E-state index contributed by atoms with van der Waals surface area (Å²) in [6.45, 7) is 2.38. The van der Waals surface area contributed by atoms with Gasteiger partial charge in [0.1, 0.15) is 0 Å². The molecular weight excluding hydrogens is 236 g/mol. The predicted molar refractivity (Wildman–Crippen MR) is 62.2 cm³/mol. The molecular formula is C11H14N4O3. The second kappa shape index (κ2) is 5.54. The summed E-state index contributed by atoms with van der Waals surface area (Å²) in [5, 5.41) is 3.86. The largest absolute Gasteiger partial charge is 0.467 e. The van der Waals surface area contributed by atoms with Crippen molar-refractivity contribution in [3.63, 3.8) is 0 Å². The number of methoxy groups -OCH3 is 2. The molecule has 2 rings (SSSR count). The molecule has 0 aliphatic carbocycles. The number of ether oxygens (including phenoxy) is 2. The molecule has 18 heavy (non-hydrogen) atoms. The number of aromatic nitrogens is 4. The first-order chi connectivity index (χ1) is 8.74. The molecule has 0 radical (unpaired) electrons. The SMILES string of the molecule is COCCc1noc(-c2cnc(OC)nc2C)n1. The summed E-state index contributed by atoms with van der Waals surface area (Å²) in [6.07, 6.45) is 2.21. The lowest BCUT2D eigenvalue weighted by atomic mass is 10.2. The maximum absolute atomic E-state index is 5.16. The Morgan fingerprint density at radius 2 is 2.11 bits per heavy atom. The van der Waals surface area contributed by atoms with Gasteiger partial charge in [0, 0.05) is 19.7 Å². The van der Waals surface area contributed by atoms with Gasteiger partial charge in [-0.15, -0.1) is 0 Å². The molecule has 96 valence electrons. The second-order valence-corrected chi connectivity index (χ2v) is 3.61. The molecule has 0 bridgehead atoms. The van der Waals surface area contributed by atoms with Gasteiger partial charge in [-0.2, -0.15) is 9.97 Å². The average Bonchev–Trinajstić information content (AvgIpc) is 2.84. The average molecular weight is 250 g/mol. The molecule has 2 aromatic heterocycles. The lowest BCUT2D eigenvalue weighted by Gasteiger charge is -2.01. The Morgan fingerprint density at radius 1 is 1.28 bits per heavy atom. The van der Waals surface area contributed by atoms with Crippen molar-refractivity contribution in [1.29, 1.82) is 0 Å². The summed E-state index contributed by atoms with van der Waals surface area (Å²) in [5.41, 5.74) is 1.43. The minimum atomic E-state index is 0.315. The van der Waals surface area contributed by atoms with Crippen LogP contribution in [0.4, 0.5) is 0 Å². The van der Waals surface area contributed by atoms with Crippen molar-refractivity contribution in [2.45, 2.75) is 13.3 Å². The highest BCUT2D eigenvalue weighted by molar-refractivity contribution is 5.54. The third-order valence-corrected chi connectivity index (χ3v) is 2.37. The lowest BCUT2D eigenvalue weighted by molar-refractivity contribution is 0.199. The summed E-state index contributed by atoms with van der Waals surface area (Å²) in [6, 6.07) is 0.315. The van der Waals surface area contributed by atoms with Crippen LogP contribution in [-0.4, -0.2) is 40.9 Å². The van der Waals surface area contributed by atoms with Crippen LogP contribution in [0.15, 0.2) is 10.7 Å². The molecule has 0 unspecified atom stereocenters. The Kier molecular flexibility index (Phi) is 3.83. The van der Waals surface area contributed by atoms with E-state index in [9.17, 15) is 0 Å². The minimum Gasteiger partial charge on any atom is -0.467 e. The predicted octanol–water partition coefficient (Wildman–Crippen LogP) is 1.03. The maximum atomic E-state index is 5.16. The third-order valence-electron chi connectivity index (χ3n) is 2.37. The second-order valence-electron chi connectivity index (χ2n) is 3.61. The van der Waals surface area contributed by atoms with Crippen LogP contribution >= 0.6 is 0 Å². The third kappa shape index (κ3) is 2.62. The number of rotatable bonds is 5. The van der Waals surface area contributed by atoms with Crippen LogP contribution in [0.5, 0.6) is 6.01 Å². The zero-order valence-electron chi connectivity index (χ0n) is 10.5. The van der Waals surface area contributed by atoms with Crippen LogP contribution < -0.4 is 4.74 Å². The molecule has 0 amide bonds. The van der Waals surface area contributed by atoms with Gasteiger partial charge >= 0.3 is 6.01 Å². The quantitative estimate of drug-likeness (QED) is 0.783. The van der Waals surface area contributed by atoms with Crippen LogP contribution in [0.25, 0.3) is 11.5 Å². The molecule has 7 nitrogen and oxygen atoms in total. The standard InChI is InChI=1S/C11H14N4O3/c1-7-8(6-12-11(13-7)17-3)10-14-9(15-18-10)4-5-16-2/h6H,4-5H2,1-3H3. The summed E-state index contributed by atoms with van der Waals surface area (Å²) in [7, 11) is 3.15. The smallest absolute Gasteiger partial charge is 0.316 e. The van der Waals surface area contributed by atoms with Crippen molar-refractivity contribution in [2.75, 3.05) is 20.8 Å². The van der Waals surface area contributed by atoms with E-state index in [1.165, 1.54) is 7.11 Å². The molecule has 0 aliphatic rings. The van der Waals surface area contributed by atoms with Crippen molar-refractivity contribution in [2.24, 2.45) is 0 Å². The Morgan fingerprint density at radius 3 is 2.78 bits per heavy atom. The van der Waals surface area contributed by atoms with Gasteiger partial charge in [0.05, 0.1) is 25.0 Å². The fourth-order valence-electron chi connectivity index (χ4n) is 1.41. The molecule has 0 atom stereocenters. The van der Waals surface area contributed by atoms with Gasteiger partial charge in [-0.1, -0.05) is 5.16 Å². The molecule has 2 heterocycles. The minimum absolute atomic E-state index is 0.315. The van der Waals surface area contributed by atoms with E-state index in [1.807, 2.05) is 6.92 Å². The summed E-state index contributed by atoms with van der Waals surface area (Å²) < 4.78 is 15.1. The normalized spacial score (nSPS) is 10.6. The van der Waals surface area contributed by atoms with Gasteiger partial charge in [-0.05, 0) is 6.92 Å². The van der Waals surface area contributed by atoms with Crippen LogP contribution in [-0.2, 0) is 11.2 Å². The van der Waals surface area contributed by atoms with Crippen LogP contribution in [0.2, 0.25) is 0 Å². The summed E-state index contributed by atoms with van der Waals surface area (Å²) >= 11 is 0. The van der Waals surface area contributed by atoms with Crippen molar-refractivity contribution < 1.29 is 14.0 Å². The van der Waals surface area contributed by atoms with E-state index >= 15 is 0 Å². The summed E-state index contributed by atoms with van der Waals surface area (Å²) in [4.78, 5) is 12.4. The van der Waals surface area contributed by atoms with E-state index in [2.05, 4.69) is 20.1 Å². The van der Waals surface area contributed by atoms with Gasteiger partial charge in [-0.3, -0.25) is 0 Å². The first-order valence-corrected chi connectivity index (χ1v) is 5.44. The van der Waals surface area contributed by atoms with E-state index in [-0.39, 0.29) is 0 Å². The van der Waals surface area contributed by atoms with E-state index in [4.69, 9.17) is 14.0 Å². The highest BCUT2D eigenvalue weighted by atomic mass is 16.5. The first-order valence-electron chi connectivity index (χ1n) is 5.44. The monoisotopic (exact) mass is 250 g/mol. The molecule has 7 heteroatoms. The van der Waals surface area contributed by atoms with Gasteiger partial charge < -0.3 is 14.0 Å². The van der Waals surface area contributed by atoms with Gasteiger partial charge in [0.15, 0.2) is 5.82 Å². The van der Waals surface area contributed by atoms with Gasteiger partial charge in [0.2, 0.25) is 0 Å². The van der Waals surface area contributed by atoms with Crippen LogP contribution in [0.3, 0.4) is 0 Å². The molecule has 0 saturated carbocycles. The highest BCUT2D eigenvalue weighted by Gasteiger charge is 2.13. The lowest BCUT2D eigenvalue weighted by Crippen LogP contribution is -1.97. The zero-order chi connectivity index (χ0) is 13.0. The van der Waals surface area contributed by atoms with E-state index < -0.39 is 0 Å². The van der Waals surface area contributed by atoms with Gasteiger partial charge in [-0.25, -0.2) is 4.98 Å². The Hall–Kier alpha value is -2.02. The molecule has 0 spiro atoms. The number of nitrogens with zero attached hydrogens (tertiary/aromatic N) is 4. The molecule has 0 aromatic carbocycles. The highest BCUT2D eigenvalue weighted by Crippen LogP contribution is 2.20. The molecule has 2 aromatic rings. The topological polar surface area (TPSA) is 83.2 Å². The van der Waals surface area contributed by atoms with Gasteiger partial charge in [0.25, 0.3) is 5.89 Å². The maximum Gasteiger partial charge on any atom is 0.316 e. The Bertz CT molecular complexity index is 527. The fraction of sp³-hybridized carbons (Fsp3) is 0.455. The Labute approximate surface area is 104 Å². The van der Waals surface area contributed by atoms with E-state index in [0.29, 0.717) is 36.3 Å². The molecule has 0 saturated heterocycles. The molecule has 0 N–H and O–H groups in total. The van der Waals surface area contributed by atoms with Crippen molar-refractivity contribution in [1.82, 2.24) is 20.1 Å². The van der Waals surface area contributed by atoms with E-state index in [1.54, 1.807) is 13.3 Å². The van der Waals surface area contributed by atoms with Crippen LogP contribution in [0, 0.1) is 6.92 Å². The van der Waals surface area contributed by atoms with Crippen molar-refractivity contribution >= 4 is 0 Å². The van der Waals surface area contributed by atoms with E-state index in [0.717, 1.165) is 5.69 Å². The zero-order valence-corrected chi connectivity index (χ0v) is 10.5. The number of aryl methyl sites for hydroxylation is 1. The van der Waals surface area contributed by atoms with Crippen LogP contribution in [0.1, 0.15) is 11.5 Å².